The van der Waals surface area contributed by atoms with Crippen molar-refractivity contribution >= 4 is 11.4 Å². The van der Waals surface area contributed by atoms with Crippen LogP contribution in [0.2, 0.25) is 0 Å². The summed E-state index contributed by atoms with van der Waals surface area (Å²) < 4.78 is 11.1. The van der Waals surface area contributed by atoms with E-state index in [2.05, 4.69) is 41.7 Å². The lowest BCUT2D eigenvalue weighted by Gasteiger charge is -2.37. The van der Waals surface area contributed by atoms with Gasteiger partial charge in [-0.3, -0.25) is 10.1 Å². The fourth-order valence-corrected chi connectivity index (χ4v) is 5.10. The molecule has 0 unspecified atom stereocenters. The molecule has 6 heteroatoms. The minimum absolute atomic E-state index is 0.0795. The second kappa shape index (κ2) is 5.98. The Balaban J connectivity index is 1.51. The molecule has 2 aliphatic heterocycles. The van der Waals surface area contributed by atoms with Crippen LogP contribution in [0.4, 0.5) is 11.4 Å². The highest BCUT2D eigenvalue weighted by Gasteiger charge is 2.44. The molecular weight excluding hydrogens is 368 g/mol. The number of hydrogen-bond acceptors (Lipinski definition) is 5. The van der Waals surface area contributed by atoms with Crippen molar-refractivity contribution in [1.29, 1.82) is 0 Å². The molecule has 6 nitrogen and oxygen atoms in total. The van der Waals surface area contributed by atoms with Crippen molar-refractivity contribution in [3.63, 3.8) is 0 Å². The van der Waals surface area contributed by atoms with Crippen LogP contribution in [0.25, 0.3) is 0 Å². The number of ether oxygens (including phenoxy) is 2. The zero-order valence-electron chi connectivity index (χ0n) is 15.5. The van der Waals surface area contributed by atoms with Gasteiger partial charge in [-0.15, -0.1) is 0 Å². The summed E-state index contributed by atoms with van der Waals surface area (Å²) in [6, 6.07) is 19.8. The van der Waals surface area contributed by atoms with Crippen molar-refractivity contribution in [2.24, 2.45) is 5.92 Å². The maximum Gasteiger partial charge on any atom is 0.269 e. The quantitative estimate of drug-likeness (QED) is 0.506. The van der Waals surface area contributed by atoms with E-state index in [1.807, 2.05) is 12.1 Å². The van der Waals surface area contributed by atoms with E-state index in [1.165, 1.54) is 11.1 Å². The Kier molecular flexibility index (Phi) is 3.38. The normalized spacial score (nSPS) is 23.0. The monoisotopic (exact) mass is 386 g/mol. The van der Waals surface area contributed by atoms with Gasteiger partial charge in [0.25, 0.3) is 5.69 Å². The lowest BCUT2D eigenvalue weighted by Crippen LogP contribution is -2.30. The lowest BCUT2D eigenvalue weighted by atomic mass is 9.75. The molecule has 3 aromatic carbocycles. The molecule has 29 heavy (non-hydrogen) atoms. The van der Waals surface area contributed by atoms with E-state index in [-0.39, 0.29) is 35.3 Å². The minimum atomic E-state index is -0.319. The summed E-state index contributed by atoms with van der Waals surface area (Å²) in [4.78, 5) is 11.1. The predicted octanol–water partition coefficient (Wildman–Crippen LogP) is 4.79. The van der Waals surface area contributed by atoms with Gasteiger partial charge in [0, 0.05) is 23.7 Å². The van der Waals surface area contributed by atoms with Crippen LogP contribution in [-0.2, 0) is 6.42 Å². The number of anilines is 1. The van der Waals surface area contributed by atoms with E-state index >= 15 is 0 Å². The average molecular weight is 386 g/mol. The lowest BCUT2D eigenvalue weighted by molar-refractivity contribution is -0.384. The van der Waals surface area contributed by atoms with Crippen LogP contribution in [0, 0.1) is 16.0 Å². The first-order valence-electron chi connectivity index (χ1n) is 9.71. The predicted molar refractivity (Wildman–Crippen MR) is 108 cm³/mol. The first kappa shape index (κ1) is 16.4. The zero-order chi connectivity index (χ0) is 19.5. The molecule has 1 N–H and O–H groups in total. The number of benzene rings is 3. The minimum Gasteiger partial charge on any atom is -0.454 e. The fourth-order valence-electron chi connectivity index (χ4n) is 5.10. The van der Waals surface area contributed by atoms with E-state index in [9.17, 15) is 10.1 Å². The Hall–Kier alpha value is -3.54. The third-order valence-corrected chi connectivity index (χ3v) is 6.35. The van der Waals surface area contributed by atoms with E-state index in [4.69, 9.17) is 9.47 Å². The fraction of sp³-hybridized carbons (Fsp3) is 0.217. The van der Waals surface area contributed by atoms with Gasteiger partial charge in [0.2, 0.25) is 6.79 Å². The third kappa shape index (κ3) is 2.42. The molecule has 3 aliphatic rings. The number of rotatable bonds is 2. The van der Waals surface area contributed by atoms with Crippen molar-refractivity contribution in [2.75, 3.05) is 12.1 Å². The van der Waals surface area contributed by atoms with Gasteiger partial charge in [-0.25, -0.2) is 0 Å². The van der Waals surface area contributed by atoms with Crippen LogP contribution in [0.3, 0.4) is 0 Å². The Morgan fingerprint density at radius 2 is 1.83 bits per heavy atom. The number of nitrogens with one attached hydrogen (secondary N) is 1. The molecule has 3 aromatic rings. The summed E-state index contributed by atoms with van der Waals surface area (Å²) in [5.74, 6) is 1.93. The number of hydrogen-bond donors (Lipinski definition) is 1. The maximum atomic E-state index is 11.4. The topological polar surface area (TPSA) is 73.6 Å². The molecule has 0 aromatic heterocycles. The molecular formula is C23H18N2O4. The second-order valence-corrected chi connectivity index (χ2v) is 7.81. The molecule has 0 fully saturated rings. The first-order valence-corrected chi connectivity index (χ1v) is 9.71. The molecule has 0 amide bonds. The van der Waals surface area contributed by atoms with E-state index < -0.39 is 0 Å². The molecule has 1 aliphatic carbocycles. The van der Waals surface area contributed by atoms with Crippen molar-refractivity contribution < 1.29 is 14.4 Å². The average Bonchev–Trinajstić information content (AvgIpc) is 3.36. The highest BCUT2D eigenvalue weighted by Crippen LogP contribution is 2.54. The van der Waals surface area contributed by atoms with Gasteiger partial charge in [0.05, 0.1) is 11.0 Å². The SMILES string of the molecule is O=[N+]([O-])c1ccc2c(c1)[C@@H]1c3ccccc3C[C@H]1[C@@H](c1ccc3c(c1)OCO3)N2. The van der Waals surface area contributed by atoms with Crippen LogP contribution in [0.5, 0.6) is 11.5 Å². The summed E-state index contributed by atoms with van der Waals surface area (Å²) >= 11 is 0. The van der Waals surface area contributed by atoms with Gasteiger partial charge < -0.3 is 14.8 Å². The maximum absolute atomic E-state index is 11.4. The Bertz CT molecular complexity index is 1160. The van der Waals surface area contributed by atoms with Crippen LogP contribution in [-0.4, -0.2) is 11.7 Å². The largest absolute Gasteiger partial charge is 0.454 e. The standard InChI is InChI=1S/C23H18N2O4/c26-25(27)15-6-7-19-17(11-15)22-16-4-2-1-3-13(16)9-18(22)23(24-19)14-5-8-20-21(10-14)29-12-28-20/h1-8,10-11,18,22-24H,9,12H2/t18-,22+,23-/m1/s1. The summed E-state index contributed by atoms with van der Waals surface area (Å²) in [5, 5.41) is 15.0. The number of nitro benzene ring substituents is 1. The summed E-state index contributed by atoms with van der Waals surface area (Å²) in [5.41, 5.74) is 5.82. The van der Waals surface area contributed by atoms with Crippen molar-refractivity contribution in [3.05, 3.63) is 93.0 Å². The Morgan fingerprint density at radius 1 is 0.966 bits per heavy atom. The molecule has 0 spiro atoms. The van der Waals surface area contributed by atoms with Crippen LogP contribution >= 0.6 is 0 Å². The summed E-state index contributed by atoms with van der Waals surface area (Å²) in [6.07, 6.45) is 0.926. The first-order chi connectivity index (χ1) is 14.2. The molecule has 0 saturated carbocycles. The van der Waals surface area contributed by atoms with Gasteiger partial charge in [-0.05, 0) is 52.8 Å². The summed E-state index contributed by atoms with van der Waals surface area (Å²) in [7, 11) is 0. The second-order valence-electron chi connectivity index (χ2n) is 7.81. The Morgan fingerprint density at radius 3 is 2.72 bits per heavy atom. The van der Waals surface area contributed by atoms with E-state index in [1.54, 1.807) is 12.1 Å². The number of non-ortho nitro benzene ring substituents is 1. The number of nitrogens with zero attached hydrogens (tertiary/aromatic N) is 1. The molecule has 3 atom stereocenters. The van der Waals surface area contributed by atoms with Crippen LogP contribution < -0.4 is 14.8 Å². The van der Waals surface area contributed by atoms with E-state index in [0.29, 0.717) is 0 Å². The van der Waals surface area contributed by atoms with Crippen LogP contribution in [0.15, 0.2) is 60.7 Å². The van der Waals surface area contributed by atoms with Gasteiger partial charge in [-0.1, -0.05) is 30.3 Å². The van der Waals surface area contributed by atoms with Gasteiger partial charge in [0.15, 0.2) is 11.5 Å². The number of fused-ring (bicyclic) bond motifs is 6. The van der Waals surface area contributed by atoms with Crippen molar-refractivity contribution in [2.45, 2.75) is 18.4 Å². The van der Waals surface area contributed by atoms with Gasteiger partial charge >= 0.3 is 0 Å². The van der Waals surface area contributed by atoms with Crippen LogP contribution in [0.1, 0.15) is 34.2 Å². The Labute approximate surface area is 167 Å². The molecule has 6 rings (SSSR count). The van der Waals surface area contributed by atoms with Gasteiger partial charge in [0.1, 0.15) is 0 Å². The molecule has 0 radical (unpaired) electrons. The third-order valence-electron chi connectivity index (χ3n) is 6.35. The highest BCUT2D eigenvalue weighted by molar-refractivity contribution is 5.65. The zero-order valence-corrected chi connectivity index (χ0v) is 15.5. The van der Waals surface area contributed by atoms with E-state index in [0.717, 1.165) is 34.7 Å². The highest BCUT2D eigenvalue weighted by atomic mass is 16.7. The molecule has 144 valence electrons. The molecule has 0 saturated heterocycles. The van der Waals surface area contributed by atoms with Gasteiger partial charge in [-0.2, -0.15) is 0 Å². The molecule has 0 bridgehead atoms. The number of nitro groups is 1. The summed E-state index contributed by atoms with van der Waals surface area (Å²) in [6.45, 7) is 0.251. The molecule has 2 heterocycles. The van der Waals surface area contributed by atoms with Crippen molar-refractivity contribution in [1.82, 2.24) is 0 Å². The van der Waals surface area contributed by atoms with Crippen molar-refractivity contribution in [3.8, 4) is 11.5 Å². The smallest absolute Gasteiger partial charge is 0.269 e.